The van der Waals surface area contributed by atoms with Crippen LogP contribution in [0.4, 0.5) is 11.5 Å². The summed E-state index contributed by atoms with van der Waals surface area (Å²) in [7, 11) is 0. The largest absolute Gasteiger partial charge is 0.383 e. The number of anilines is 2. The number of nitrogens with two attached hydrogens (primary N) is 1. The molecular formula is C22H20N6O. The summed E-state index contributed by atoms with van der Waals surface area (Å²) in [6, 6.07) is 18.8. The van der Waals surface area contributed by atoms with Crippen LogP contribution in [0.15, 0.2) is 73.1 Å². The minimum atomic E-state index is -0.161. The van der Waals surface area contributed by atoms with Crippen molar-refractivity contribution >= 4 is 17.4 Å². The lowest BCUT2D eigenvalue weighted by atomic mass is 10.0. The lowest BCUT2D eigenvalue weighted by molar-refractivity contribution is 0.102. The first-order valence-electron chi connectivity index (χ1n) is 9.17. The van der Waals surface area contributed by atoms with Gasteiger partial charge in [0.1, 0.15) is 11.5 Å². The smallest absolute Gasteiger partial charge is 0.255 e. The van der Waals surface area contributed by atoms with E-state index < -0.39 is 0 Å². The van der Waals surface area contributed by atoms with E-state index in [-0.39, 0.29) is 5.91 Å². The molecule has 2 heterocycles. The number of hydrogen-bond donors (Lipinski definition) is 2. The van der Waals surface area contributed by atoms with E-state index in [2.05, 4.69) is 20.6 Å². The van der Waals surface area contributed by atoms with Crippen LogP contribution in [0.3, 0.4) is 0 Å². The number of amides is 1. The van der Waals surface area contributed by atoms with Crippen LogP contribution < -0.4 is 11.1 Å². The molecule has 0 radical (unpaired) electrons. The molecule has 0 aliphatic carbocycles. The van der Waals surface area contributed by atoms with Crippen molar-refractivity contribution in [2.45, 2.75) is 13.5 Å². The zero-order chi connectivity index (χ0) is 20.2. The molecule has 0 fully saturated rings. The van der Waals surface area contributed by atoms with Crippen LogP contribution >= 0.6 is 0 Å². The van der Waals surface area contributed by atoms with E-state index in [1.165, 1.54) is 0 Å². The summed E-state index contributed by atoms with van der Waals surface area (Å²) in [6.07, 6.45) is 3.48. The molecule has 0 bridgehead atoms. The molecule has 29 heavy (non-hydrogen) atoms. The van der Waals surface area contributed by atoms with Crippen molar-refractivity contribution in [3.63, 3.8) is 0 Å². The molecular weight excluding hydrogens is 364 g/mol. The van der Waals surface area contributed by atoms with E-state index in [0.717, 1.165) is 22.4 Å². The molecule has 144 valence electrons. The maximum atomic E-state index is 12.7. The first kappa shape index (κ1) is 18.4. The summed E-state index contributed by atoms with van der Waals surface area (Å²) in [5, 5.41) is 11.3. The summed E-state index contributed by atoms with van der Waals surface area (Å²) in [4.78, 5) is 16.8. The average molecular weight is 384 g/mol. The highest BCUT2D eigenvalue weighted by atomic mass is 16.1. The summed E-state index contributed by atoms with van der Waals surface area (Å²) in [5.74, 6) is 0.311. The summed E-state index contributed by atoms with van der Waals surface area (Å²) >= 11 is 0. The number of carbonyl (C=O) groups excluding carboxylic acids is 1. The van der Waals surface area contributed by atoms with Crippen molar-refractivity contribution in [2.24, 2.45) is 0 Å². The van der Waals surface area contributed by atoms with Gasteiger partial charge in [0.2, 0.25) is 0 Å². The van der Waals surface area contributed by atoms with Crippen LogP contribution in [0, 0.1) is 6.92 Å². The summed E-state index contributed by atoms with van der Waals surface area (Å²) in [5.41, 5.74) is 10.5. The molecule has 0 saturated carbocycles. The lowest BCUT2D eigenvalue weighted by Gasteiger charge is -2.09. The molecule has 0 unspecified atom stereocenters. The van der Waals surface area contributed by atoms with E-state index in [9.17, 15) is 4.79 Å². The second-order valence-corrected chi connectivity index (χ2v) is 6.70. The van der Waals surface area contributed by atoms with Crippen molar-refractivity contribution in [3.8, 4) is 11.3 Å². The van der Waals surface area contributed by atoms with Crippen LogP contribution in [0.5, 0.6) is 0 Å². The Bertz CT molecular complexity index is 1150. The van der Waals surface area contributed by atoms with Gasteiger partial charge in [-0.3, -0.25) is 4.79 Å². The van der Waals surface area contributed by atoms with E-state index in [1.54, 1.807) is 10.9 Å². The molecule has 4 aromatic rings. The first-order chi connectivity index (χ1) is 14.1. The highest BCUT2D eigenvalue weighted by Crippen LogP contribution is 2.22. The maximum Gasteiger partial charge on any atom is 0.255 e. The van der Waals surface area contributed by atoms with Crippen LogP contribution in [-0.4, -0.2) is 25.9 Å². The third kappa shape index (κ3) is 4.14. The Hall–Kier alpha value is -4.00. The predicted molar refractivity (Wildman–Crippen MR) is 112 cm³/mol. The molecule has 0 aliphatic heterocycles. The molecule has 2 aromatic carbocycles. The van der Waals surface area contributed by atoms with Gasteiger partial charge in [-0.05, 0) is 36.8 Å². The highest BCUT2D eigenvalue weighted by Gasteiger charge is 2.13. The maximum absolute atomic E-state index is 12.7. The summed E-state index contributed by atoms with van der Waals surface area (Å²) in [6.45, 7) is 2.38. The van der Waals surface area contributed by atoms with Gasteiger partial charge in [-0.25, -0.2) is 9.67 Å². The number of benzene rings is 2. The van der Waals surface area contributed by atoms with E-state index in [0.29, 0.717) is 23.6 Å². The minimum Gasteiger partial charge on any atom is -0.383 e. The Balaban J connectivity index is 1.57. The van der Waals surface area contributed by atoms with Crippen LogP contribution in [0.2, 0.25) is 0 Å². The quantitative estimate of drug-likeness (QED) is 0.548. The number of carbonyl (C=O) groups is 1. The Labute approximate surface area is 168 Å². The van der Waals surface area contributed by atoms with Crippen LogP contribution in [-0.2, 0) is 6.54 Å². The second-order valence-electron chi connectivity index (χ2n) is 6.70. The van der Waals surface area contributed by atoms with E-state index in [4.69, 9.17) is 5.73 Å². The second kappa shape index (κ2) is 7.93. The third-order valence-corrected chi connectivity index (χ3v) is 4.61. The van der Waals surface area contributed by atoms with Gasteiger partial charge in [0.15, 0.2) is 0 Å². The fourth-order valence-electron chi connectivity index (χ4n) is 3.01. The van der Waals surface area contributed by atoms with Crippen molar-refractivity contribution in [1.29, 1.82) is 0 Å². The minimum absolute atomic E-state index is 0.161. The van der Waals surface area contributed by atoms with Gasteiger partial charge in [-0.15, -0.1) is 5.10 Å². The van der Waals surface area contributed by atoms with Gasteiger partial charge in [-0.2, -0.15) is 0 Å². The number of pyridine rings is 1. The molecule has 1 amide bonds. The average Bonchev–Trinajstić information content (AvgIpc) is 3.19. The topological polar surface area (TPSA) is 98.7 Å². The molecule has 0 saturated heterocycles. The molecule has 0 atom stereocenters. The van der Waals surface area contributed by atoms with E-state index >= 15 is 0 Å². The Kier molecular flexibility index (Phi) is 5.03. The number of nitrogens with zero attached hydrogens (tertiary/aromatic N) is 4. The van der Waals surface area contributed by atoms with Crippen molar-refractivity contribution in [3.05, 3.63) is 89.7 Å². The van der Waals surface area contributed by atoms with Gasteiger partial charge in [0.25, 0.3) is 5.91 Å². The summed E-state index contributed by atoms with van der Waals surface area (Å²) < 4.78 is 1.70. The fourth-order valence-corrected chi connectivity index (χ4v) is 3.01. The van der Waals surface area contributed by atoms with Crippen molar-refractivity contribution in [2.75, 3.05) is 11.1 Å². The monoisotopic (exact) mass is 384 g/mol. The zero-order valence-electron chi connectivity index (χ0n) is 15.9. The van der Waals surface area contributed by atoms with Gasteiger partial charge in [0, 0.05) is 28.6 Å². The van der Waals surface area contributed by atoms with Crippen molar-refractivity contribution < 1.29 is 4.79 Å². The molecule has 4 rings (SSSR count). The predicted octanol–water partition coefficient (Wildman–Crippen LogP) is 3.53. The lowest BCUT2D eigenvalue weighted by Crippen LogP contribution is -2.13. The standard InChI is InChI=1S/C22H20N6O/c1-15-9-10-16(12-19(15)22(29)25-18-7-3-2-4-8-18)20-14-28(27-26-20)13-17-6-5-11-24-21(17)23/h2-12,14H,13H2,1H3,(H2,23,24)(H,25,29). The van der Waals surface area contributed by atoms with Gasteiger partial charge in [0.05, 0.1) is 12.7 Å². The Morgan fingerprint density at radius 2 is 1.93 bits per heavy atom. The molecule has 3 N–H and O–H groups in total. The first-order valence-corrected chi connectivity index (χ1v) is 9.17. The molecule has 0 spiro atoms. The third-order valence-electron chi connectivity index (χ3n) is 4.61. The van der Waals surface area contributed by atoms with Gasteiger partial charge in [-0.1, -0.05) is 41.6 Å². The van der Waals surface area contributed by atoms with Crippen molar-refractivity contribution in [1.82, 2.24) is 20.0 Å². The van der Waals surface area contributed by atoms with Gasteiger partial charge >= 0.3 is 0 Å². The normalized spacial score (nSPS) is 10.7. The molecule has 7 heteroatoms. The SMILES string of the molecule is Cc1ccc(-c2cn(Cc3cccnc3N)nn2)cc1C(=O)Nc1ccccc1. The number of nitrogen functional groups attached to an aromatic ring is 1. The number of para-hydroxylation sites is 1. The Morgan fingerprint density at radius 1 is 1.10 bits per heavy atom. The fraction of sp³-hybridized carbons (Fsp3) is 0.0909. The number of aryl methyl sites for hydroxylation is 1. The molecule has 2 aromatic heterocycles. The molecule has 7 nitrogen and oxygen atoms in total. The number of rotatable bonds is 5. The van der Waals surface area contributed by atoms with Crippen LogP contribution in [0.1, 0.15) is 21.5 Å². The molecule has 0 aliphatic rings. The van der Waals surface area contributed by atoms with Crippen LogP contribution in [0.25, 0.3) is 11.3 Å². The number of nitrogens with one attached hydrogen (secondary N) is 1. The number of hydrogen-bond acceptors (Lipinski definition) is 5. The van der Waals surface area contributed by atoms with Gasteiger partial charge < -0.3 is 11.1 Å². The highest BCUT2D eigenvalue weighted by molar-refractivity contribution is 6.05. The zero-order valence-corrected chi connectivity index (χ0v) is 15.9. The van der Waals surface area contributed by atoms with E-state index in [1.807, 2.05) is 73.8 Å². The Morgan fingerprint density at radius 3 is 2.72 bits per heavy atom. The number of aromatic nitrogens is 4.